The number of furan rings is 1. The summed E-state index contributed by atoms with van der Waals surface area (Å²) in [7, 11) is 0. The molecule has 0 saturated carbocycles. The maximum absolute atomic E-state index is 12.0. The smallest absolute Gasteiger partial charge is 0.374 e. The molecule has 0 aliphatic heterocycles. The predicted molar refractivity (Wildman–Crippen MR) is 103 cm³/mol. The number of rotatable bonds is 7. The van der Waals surface area contributed by atoms with Crippen LogP contribution in [0.5, 0.6) is 5.75 Å². The first-order valence-corrected chi connectivity index (χ1v) is 8.88. The second-order valence-electron chi connectivity index (χ2n) is 5.50. The maximum atomic E-state index is 12.0. The molecule has 7 heteroatoms. The summed E-state index contributed by atoms with van der Waals surface area (Å²) in [4.78, 5) is 23.8. The number of esters is 1. The minimum Gasteiger partial charge on any atom is -0.486 e. The van der Waals surface area contributed by atoms with Gasteiger partial charge in [0, 0.05) is 10.2 Å². The number of amides is 1. The Morgan fingerprint density at radius 2 is 1.70 bits per heavy atom. The van der Waals surface area contributed by atoms with Crippen molar-refractivity contribution in [3.05, 3.63) is 82.7 Å². The van der Waals surface area contributed by atoms with Crippen molar-refractivity contribution in [2.45, 2.75) is 6.61 Å². The highest BCUT2D eigenvalue weighted by molar-refractivity contribution is 9.10. The van der Waals surface area contributed by atoms with Crippen molar-refractivity contribution >= 4 is 33.5 Å². The molecule has 0 atom stereocenters. The Morgan fingerprint density at radius 1 is 0.963 bits per heavy atom. The molecule has 2 aromatic carbocycles. The molecule has 0 radical (unpaired) electrons. The molecule has 0 aliphatic carbocycles. The normalized spacial score (nSPS) is 10.3. The molecule has 138 valence electrons. The predicted octanol–water partition coefficient (Wildman–Crippen LogP) is 4.42. The summed E-state index contributed by atoms with van der Waals surface area (Å²) in [5, 5.41) is 2.63. The molecule has 1 N–H and O–H groups in total. The van der Waals surface area contributed by atoms with Crippen molar-refractivity contribution in [2.75, 3.05) is 11.9 Å². The van der Waals surface area contributed by atoms with Gasteiger partial charge in [-0.15, -0.1) is 0 Å². The minimum atomic E-state index is -0.716. The van der Waals surface area contributed by atoms with Crippen LogP contribution in [0.2, 0.25) is 0 Å². The summed E-state index contributed by atoms with van der Waals surface area (Å²) in [5.41, 5.74) is 0.609. The number of ether oxygens (including phenoxy) is 2. The lowest BCUT2D eigenvalue weighted by Gasteiger charge is -2.06. The third-order valence-corrected chi connectivity index (χ3v) is 3.98. The zero-order valence-corrected chi connectivity index (χ0v) is 15.8. The summed E-state index contributed by atoms with van der Waals surface area (Å²) < 4.78 is 16.8. The zero-order valence-electron chi connectivity index (χ0n) is 14.2. The van der Waals surface area contributed by atoms with Crippen molar-refractivity contribution in [2.24, 2.45) is 0 Å². The van der Waals surface area contributed by atoms with Crippen LogP contribution < -0.4 is 10.1 Å². The van der Waals surface area contributed by atoms with Gasteiger partial charge < -0.3 is 19.2 Å². The molecule has 0 fully saturated rings. The van der Waals surface area contributed by atoms with E-state index in [1.165, 1.54) is 6.07 Å². The Balaban J connectivity index is 1.46. The number of halogens is 1. The van der Waals surface area contributed by atoms with Crippen molar-refractivity contribution in [1.29, 1.82) is 0 Å². The van der Waals surface area contributed by atoms with E-state index in [0.29, 0.717) is 17.2 Å². The third kappa shape index (κ3) is 5.72. The van der Waals surface area contributed by atoms with Crippen LogP contribution in [-0.4, -0.2) is 18.5 Å². The van der Waals surface area contributed by atoms with E-state index in [4.69, 9.17) is 13.9 Å². The molecule has 27 heavy (non-hydrogen) atoms. The Labute approximate surface area is 164 Å². The molecular formula is C20H16BrNO5. The Kier molecular flexibility index (Phi) is 6.27. The van der Waals surface area contributed by atoms with Crippen molar-refractivity contribution in [3.8, 4) is 5.75 Å². The molecule has 1 aromatic heterocycles. The van der Waals surface area contributed by atoms with Crippen molar-refractivity contribution in [3.63, 3.8) is 0 Å². The number of carbonyl (C=O) groups is 2. The number of anilines is 1. The van der Waals surface area contributed by atoms with Crippen LogP contribution in [-0.2, 0) is 16.1 Å². The molecule has 0 aliphatic rings. The average Bonchev–Trinajstić information content (AvgIpc) is 3.16. The quantitative estimate of drug-likeness (QED) is 0.562. The first kappa shape index (κ1) is 18.7. The number of nitrogens with one attached hydrogen (secondary N) is 1. The Morgan fingerprint density at radius 3 is 2.44 bits per heavy atom. The molecule has 0 saturated heterocycles. The summed E-state index contributed by atoms with van der Waals surface area (Å²) in [6, 6.07) is 19.4. The van der Waals surface area contributed by atoms with Gasteiger partial charge in [-0.05, 0) is 48.5 Å². The highest BCUT2D eigenvalue weighted by Crippen LogP contribution is 2.15. The standard InChI is InChI=1S/C20H16BrNO5/c21-14-6-8-15(9-7-14)22-19(23)13-26-20(24)18-11-10-17(27-18)12-25-16-4-2-1-3-5-16/h1-11H,12-13H2,(H,22,23). The van der Waals surface area contributed by atoms with Gasteiger partial charge in [0.25, 0.3) is 5.91 Å². The van der Waals surface area contributed by atoms with Gasteiger partial charge in [0.15, 0.2) is 6.61 Å². The van der Waals surface area contributed by atoms with E-state index in [-0.39, 0.29) is 12.4 Å². The molecule has 0 spiro atoms. The van der Waals surface area contributed by atoms with Gasteiger partial charge in [-0.2, -0.15) is 0 Å². The van der Waals surface area contributed by atoms with E-state index < -0.39 is 18.5 Å². The highest BCUT2D eigenvalue weighted by atomic mass is 79.9. The molecule has 1 amide bonds. The van der Waals surface area contributed by atoms with Gasteiger partial charge in [-0.25, -0.2) is 4.79 Å². The molecule has 0 unspecified atom stereocenters. The summed E-state index contributed by atoms with van der Waals surface area (Å²) in [6.45, 7) is -0.229. The number of carbonyl (C=O) groups excluding carboxylic acids is 2. The number of benzene rings is 2. The van der Waals surface area contributed by atoms with Crippen LogP contribution in [0.3, 0.4) is 0 Å². The zero-order chi connectivity index (χ0) is 19.1. The van der Waals surface area contributed by atoms with Crippen LogP contribution >= 0.6 is 15.9 Å². The van der Waals surface area contributed by atoms with Crippen LogP contribution in [0.4, 0.5) is 5.69 Å². The number of para-hydroxylation sites is 1. The van der Waals surface area contributed by atoms with Crippen LogP contribution in [0, 0.1) is 0 Å². The minimum absolute atomic E-state index is 0.0121. The number of hydrogen-bond acceptors (Lipinski definition) is 5. The van der Waals surface area contributed by atoms with Gasteiger partial charge in [0.2, 0.25) is 5.76 Å². The van der Waals surface area contributed by atoms with E-state index in [9.17, 15) is 9.59 Å². The van der Waals surface area contributed by atoms with Gasteiger partial charge in [0.05, 0.1) is 0 Å². The highest BCUT2D eigenvalue weighted by Gasteiger charge is 2.15. The molecule has 3 rings (SSSR count). The van der Waals surface area contributed by atoms with E-state index in [1.807, 2.05) is 30.3 Å². The van der Waals surface area contributed by atoms with E-state index in [1.54, 1.807) is 30.3 Å². The third-order valence-electron chi connectivity index (χ3n) is 3.45. The van der Waals surface area contributed by atoms with Gasteiger partial charge in [-0.1, -0.05) is 34.1 Å². The monoisotopic (exact) mass is 429 g/mol. The molecule has 6 nitrogen and oxygen atoms in total. The lowest BCUT2D eigenvalue weighted by atomic mass is 10.3. The lowest BCUT2D eigenvalue weighted by molar-refractivity contribution is -0.119. The number of hydrogen-bond donors (Lipinski definition) is 1. The molecule has 1 heterocycles. The summed E-state index contributed by atoms with van der Waals surface area (Å²) in [6.07, 6.45) is 0. The SMILES string of the molecule is O=C(COC(=O)c1ccc(COc2ccccc2)o1)Nc1ccc(Br)cc1. The second kappa shape index (κ2) is 9.05. The first-order chi connectivity index (χ1) is 13.1. The fourth-order valence-corrected chi connectivity index (χ4v) is 2.43. The average molecular weight is 430 g/mol. The summed E-state index contributed by atoms with van der Waals surface area (Å²) >= 11 is 3.31. The lowest BCUT2D eigenvalue weighted by Crippen LogP contribution is -2.20. The second-order valence-corrected chi connectivity index (χ2v) is 6.41. The Hall–Kier alpha value is -3.06. The largest absolute Gasteiger partial charge is 0.486 e. The van der Waals surface area contributed by atoms with Crippen LogP contribution in [0.1, 0.15) is 16.3 Å². The first-order valence-electron chi connectivity index (χ1n) is 8.09. The Bertz CT molecular complexity index is 906. The topological polar surface area (TPSA) is 77.8 Å². The molecular weight excluding hydrogens is 414 g/mol. The van der Waals surface area contributed by atoms with Crippen molar-refractivity contribution in [1.82, 2.24) is 0 Å². The van der Waals surface area contributed by atoms with E-state index in [0.717, 1.165) is 4.47 Å². The van der Waals surface area contributed by atoms with Gasteiger partial charge in [0.1, 0.15) is 18.1 Å². The van der Waals surface area contributed by atoms with Gasteiger partial charge in [-0.3, -0.25) is 4.79 Å². The molecule has 0 bridgehead atoms. The van der Waals surface area contributed by atoms with E-state index in [2.05, 4.69) is 21.2 Å². The fraction of sp³-hybridized carbons (Fsp3) is 0.100. The van der Waals surface area contributed by atoms with Crippen LogP contribution in [0.25, 0.3) is 0 Å². The van der Waals surface area contributed by atoms with E-state index >= 15 is 0 Å². The summed E-state index contributed by atoms with van der Waals surface area (Å²) in [5.74, 6) is 0.0302. The maximum Gasteiger partial charge on any atom is 0.374 e. The fourth-order valence-electron chi connectivity index (χ4n) is 2.17. The van der Waals surface area contributed by atoms with Crippen LogP contribution in [0.15, 0.2) is 75.6 Å². The van der Waals surface area contributed by atoms with Gasteiger partial charge >= 0.3 is 5.97 Å². The molecule has 3 aromatic rings. The van der Waals surface area contributed by atoms with Crippen molar-refractivity contribution < 1.29 is 23.5 Å².